The molecule has 3 aromatic heterocycles. The molecular formula is C24H22ClF2N5O4. The van der Waals surface area contributed by atoms with Gasteiger partial charge in [0, 0.05) is 36.3 Å². The number of hydrogen-bond acceptors (Lipinski definition) is 8. The molecule has 3 aromatic rings. The largest absolute Gasteiger partial charge is 0.486 e. The van der Waals surface area contributed by atoms with Crippen LogP contribution >= 0.6 is 11.6 Å². The Labute approximate surface area is 210 Å². The van der Waals surface area contributed by atoms with Crippen LogP contribution in [0, 0.1) is 18.6 Å². The molecule has 0 radical (unpaired) electrons. The van der Waals surface area contributed by atoms with Crippen LogP contribution in [0.4, 0.5) is 14.5 Å². The van der Waals surface area contributed by atoms with Crippen LogP contribution in [0.25, 0.3) is 5.82 Å². The number of aliphatic hydroxyl groups is 1. The van der Waals surface area contributed by atoms with Gasteiger partial charge >= 0.3 is 5.97 Å². The fourth-order valence-corrected chi connectivity index (χ4v) is 3.75. The summed E-state index contributed by atoms with van der Waals surface area (Å²) in [7, 11) is 0. The highest BCUT2D eigenvalue weighted by Gasteiger charge is 2.30. The second kappa shape index (κ2) is 10.4. The Balaban J connectivity index is 1.58. The van der Waals surface area contributed by atoms with Crippen molar-refractivity contribution in [1.29, 1.82) is 0 Å². The quantitative estimate of drug-likeness (QED) is 0.467. The Morgan fingerprint density at radius 1 is 1.19 bits per heavy atom. The van der Waals surface area contributed by atoms with Gasteiger partial charge in [0.15, 0.2) is 17.9 Å². The lowest BCUT2D eigenvalue weighted by Gasteiger charge is -2.35. The molecule has 1 unspecified atom stereocenters. The average Bonchev–Trinajstić information content (AvgIpc) is 3.33. The van der Waals surface area contributed by atoms with Crippen LogP contribution in [0.1, 0.15) is 35.5 Å². The fraction of sp³-hybridized carbons (Fsp3) is 0.250. The maximum absolute atomic E-state index is 13.9. The smallest absolute Gasteiger partial charge is 0.341 e. The standard InChI is InChI=1S/C24H22ClF2N5O4/c1-4-35-24(34)15-9-30-31(11-15)21-7-19(13(2)8-29-21)32-14(3)5-20(22(25)23(32)33)36-12-18-17(27)6-16(26)10-28-18/h5-11,23,33H,4,12H2,1-3H3. The molecule has 0 saturated carbocycles. The molecule has 0 spiro atoms. The van der Waals surface area contributed by atoms with Gasteiger partial charge in [-0.05, 0) is 26.3 Å². The topological polar surface area (TPSA) is 103 Å². The first kappa shape index (κ1) is 25.3. The highest BCUT2D eigenvalue weighted by atomic mass is 35.5. The number of aliphatic hydroxyl groups excluding tert-OH is 1. The summed E-state index contributed by atoms with van der Waals surface area (Å²) in [6.07, 6.45) is 5.62. The normalized spacial score (nSPS) is 15.7. The van der Waals surface area contributed by atoms with Crippen LogP contribution in [-0.2, 0) is 16.1 Å². The minimum Gasteiger partial charge on any atom is -0.486 e. The molecule has 1 atom stereocenters. The molecule has 0 aromatic carbocycles. The van der Waals surface area contributed by atoms with Gasteiger partial charge in [-0.2, -0.15) is 5.10 Å². The Bertz CT molecular complexity index is 1370. The van der Waals surface area contributed by atoms with E-state index in [2.05, 4.69) is 15.1 Å². The minimum atomic E-state index is -1.32. The highest BCUT2D eigenvalue weighted by molar-refractivity contribution is 6.31. The number of hydrogen-bond donors (Lipinski definition) is 1. The monoisotopic (exact) mass is 517 g/mol. The zero-order chi connectivity index (χ0) is 26.0. The summed E-state index contributed by atoms with van der Waals surface area (Å²) in [6.45, 7) is 5.19. The van der Waals surface area contributed by atoms with Crippen molar-refractivity contribution in [1.82, 2.24) is 19.7 Å². The zero-order valence-electron chi connectivity index (χ0n) is 19.6. The van der Waals surface area contributed by atoms with E-state index in [9.17, 15) is 18.7 Å². The minimum absolute atomic E-state index is 0.0374. The van der Waals surface area contributed by atoms with E-state index >= 15 is 0 Å². The van der Waals surface area contributed by atoms with Gasteiger partial charge in [-0.25, -0.2) is 23.2 Å². The van der Waals surface area contributed by atoms with E-state index in [4.69, 9.17) is 21.1 Å². The van der Waals surface area contributed by atoms with Gasteiger partial charge in [0.05, 0.1) is 30.3 Å². The number of aromatic nitrogens is 4. The molecule has 0 saturated heterocycles. The van der Waals surface area contributed by atoms with E-state index in [1.165, 1.54) is 17.1 Å². The Morgan fingerprint density at radius 2 is 1.97 bits per heavy atom. The van der Waals surface area contributed by atoms with Crippen LogP contribution in [0.3, 0.4) is 0 Å². The van der Waals surface area contributed by atoms with Gasteiger partial charge < -0.3 is 19.5 Å². The van der Waals surface area contributed by atoms with Gasteiger partial charge in [-0.3, -0.25) is 4.98 Å². The van der Waals surface area contributed by atoms with Crippen molar-refractivity contribution in [3.63, 3.8) is 0 Å². The van der Waals surface area contributed by atoms with Crippen LogP contribution < -0.4 is 4.90 Å². The molecule has 4 rings (SSSR count). The van der Waals surface area contributed by atoms with E-state index in [1.807, 2.05) is 6.92 Å². The molecule has 0 aliphatic carbocycles. The van der Waals surface area contributed by atoms with Crippen molar-refractivity contribution in [2.75, 3.05) is 11.5 Å². The SMILES string of the molecule is CCOC(=O)c1cnn(-c2cc(N3C(C)=CC(OCc4ncc(F)cc4F)=C(Cl)C3O)c(C)cn2)c1. The van der Waals surface area contributed by atoms with Crippen molar-refractivity contribution in [2.24, 2.45) is 0 Å². The molecule has 1 aliphatic heterocycles. The van der Waals surface area contributed by atoms with Crippen LogP contribution in [0.2, 0.25) is 0 Å². The number of rotatable bonds is 7. The number of allylic oxidation sites excluding steroid dienone is 2. The summed E-state index contributed by atoms with van der Waals surface area (Å²) in [6, 6.07) is 2.39. The third-order valence-corrected chi connectivity index (χ3v) is 5.70. The summed E-state index contributed by atoms with van der Waals surface area (Å²) in [5, 5.41) is 15.2. The highest BCUT2D eigenvalue weighted by Crippen LogP contribution is 2.35. The van der Waals surface area contributed by atoms with Crippen LogP contribution in [0.15, 0.2) is 59.5 Å². The number of aryl methyl sites for hydroxylation is 1. The van der Waals surface area contributed by atoms with E-state index < -0.39 is 23.8 Å². The third kappa shape index (κ3) is 5.07. The van der Waals surface area contributed by atoms with Crippen molar-refractivity contribution >= 4 is 23.3 Å². The molecule has 1 N–H and O–H groups in total. The number of halogens is 3. The summed E-state index contributed by atoms with van der Waals surface area (Å²) in [4.78, 5) is 21.6. The first-order chi connectivity index (χ1) is 17.2. The number of pyridine rings is 2. The number of nitrogens with zero attached hydrogens (tertiary/aromatic N) is 5. The predicted octanol–water partition coefficient (Wildman–Crippen LogP) is 4.14. The maximum Gasteiger partial charge on any atom is 0.341 e. The molecule has 0 bridgehead atoms. The fourth-order valence-electron chi connectivity index (χ4n) is 3.54. The average molecular weight is 518 g/mol. The van der Waals surface area contributed by atoms with E-state index in [-0.39, 0.29) is 35.3 Å². The summed E-state index contributed by atoms with van der Waals surface area (Å²) < 4.78 is 39.0. The molecule has 1 aliphatic rings. The number of esters is 1. The van der Waals surface area contributed by atoms with E-state index in [0.717, 1.165) is 11.8 Å². The molecule has 36 heavy (non-hydrogen) atoms. The molecule has 9 nitrogen and oxygen atoms in total. The van der Waals surface area contributed by atoms with Crippen LogP contribution in [0.5, 0.6) is 0 Å². The van der Waals surface area contributed by atoms with Gasteiger partial charge in [0.1, 0.15) is 28.9 Å². The van der Waals surface area contributed by atoms with Crippen molar-refractivity contribution in [3.05, 3.63) is 87.9 Å². The molecule has 188 valence electrons. The Kier molecular flexibility index (Phi) is 7.32. The van der Waals surface area contributed by atoms with Gasteiger partial charge in [-0.1, -0.05) is 11.6 Å². The summed E-state index contributed by atoms with van der Waals surface area (Å²) in [5.41, 5.74) is 2.05. The first-order valence-corrected chi connectivity index (χ1v) is 11.2. The Hall–Kier alpha value is -3.83. The van der Waals surface area contributed by atoms with E-state index in [0.29, 0.717) is 23.3 Å². The number of carbonyl (C=O) groups is 1. The van der Waals surface area contributed by atoms with E-state index in [1.54, 1.807) is 37.1 Å². The maximum atomic E-state index is 13.9. The van der Waals surface area contributed by atoms with Crippen LogP contribution in [-0.4, -0.2) is 43.7 Å². The number of ether oxygens (including phenoxy) is 2. The summed E-state index contributed by atoms with van der Waals surface area (Å²) >= 11 is 6.41. The molecule has 12 heteroatoms. The lowest BCUT2D eigenvalue weighted by Crippen LogP contribution is -2.37. The molecule has 0 amide bonds. The molecular weight excluding hydrogens is 496 g/mol. The zero-order valence-corrected chi connectivity index (χ0v) is 20.3. The second-order valence-corrected chi connectivity index (χ2v) is 8.24. The van der Waals surface area contributed by atoms with Crippen molar-refractivity contribution < 1.29 is 28.2 Å². The predicted molar refractivity (Wildman–Crippen MR) is 126 cm³/mol. The molecule has 4 heterocycles. The lowest BCUT2D eigenvalue weighted by atomic mass is 10.1. The van der Waals surface area contributed by atoms with Crippen molar-refractivity contribution in [2.45, 2.75) is 33.6 Å². The molecule has 0 fully saturated rings. The number of anilines is 1. The van der Waals surface area contributed by atoms with Crippen molar-refractivity contribution in [3.8, 4) is 5.82 Å². The summed E-state index contributed by atoms with van der Waals surface area (Å²) in [5.74, 6) is -1.63. The van der Waals surface area contributed by atoms with Gasteiger partial charge in [0.2, 0.25) is 0 Å². The number of carbonyl (C=O) groups excluding carboxylic acids is 1. The lowest BCUT2D eigenvalue weighted by molar-refractivity contribution is 0.0526. The van der Waals surface area contributed by atoms with Gasteiger partial charge in [0.25, 0.3) is 0 Å². The Morgan fingerprint density at radius 3 is 2.69 bits per heavy atom. The first-order valence-electron chi connectivity index (χ1n) is 10.9. The third-order valence-electron chi connectivity index (χ3n) is 5.32. The second-order valence-electron chi connectivity index (χ2n) is 7.84. The van der Waals surface area contributed by atoms with Gasteiger partial charge in [-0.15, -0.1) is 0 Å².